The van der Waals surface area contributed by atoms with Crippen molar-refractivity contribution >= 4 is 11.9 Å². The Morgan fingerprint density at radius 2 is 1.89 bits per heavy atom. The van der Waals surface area contributed by atoms with E-state index in [4.69, 9.17) is 9.84 Å². The van der Waals surface area contributed by atoms with Crippen LogP contribution in [0.25, 0.3) is 0 Å². The number of hydrogen-bond acceptors (Lipinski definition) is 3. The van der Waals surface area contributed by atoms with E-state index in [1.165, 1.54) is 12.1 Å². The number of benzene rings is 2. The summed E-state index contributed by atoms with van der Waals surface area (Å²) < 4.78 is 19.7. The Bertz CT molecular complexity index is 859. The van der Waals surface area contributed by atoms with Gasteiger partial charge in [0.1, 0.15) is 5.82 Å². The molecule has 2 aromatic carbocycles. The Kier molecular flexibility index (Phi) is 5.56. The zero-order valence-electron chi connectivity index (χ0n) is 15.1. The zero-order valence-corrected chi connectivity index (χ0v) is 15.1. The highest BCUT2D eigenvalue weighted by atomic mass is 19.1. The molecule has 0 radical (unpaired) electrons. The van der Waals surface area contributed by atoms with Crippen LogP contribution in [0, 0.1) is 12.7 Å². The van der Waals surface area contributed by atoms with E-state index in [0.29, 0.717) is 19.8 Å². The van der Waals surface area contributed by atoms with Crippen LogP contribution in [0.3, 0.4) is 0 Å². The van der Waals surface area contributed by atoms with Gasteiger partial charge in [0.25, 0.3) is 5.91 Å². The zero-order chi connectivity index (χ0) is 19.4. The van der Waals surface area contributed by atoms with Crippen LogP contribution in [0.5, 0.6) is 0 Å². The van der Waals surface area contributed by atoms with Gasteiger partial charge >= 0.3 is 5.97 Å². The molecule has 27 heavy (non-hydrogen) atoms. The first-order valence-electron chi connectivity index (χ1n) is 8.88. The largest absolute Gasteiger partial charge is 0.478 e. The molecule has 0 unspecified atom stereocenters. The number of carbonyl (C=O) groups is 2. The van der Waals surface area contributed by atoms with Crippen molar-refractivity contribution in [1.82, 2.24) is 5.32 Å². The van der Waals surface area contributed by atoms with Crippen molar-refractivity contribution in [3.05, 3.63) is 70.5 Å². The molecule has 6 heteroatoms. The van der Waals surface area contributed by atoms with Gasteiger partial charge in [0, 0.05) is 25.2 Å². The number of halogens is 1. The molecule has 0 saturated carbocycles. The van der Waals surface area contributed by atoms with E-state index < -0.39 is 17.7 Å². The molecule has 0 aliphatic carbocycles. The number of aromatic carboxylic acids is 1. The van der Waals surface area contributed by atoms with Crippen LogP contribution in [0.4, 0.5) is 4.39 Å². The minimum atomic E-state index is -1.23. The first-order valence-corrected chi connectivity index (χ1v) is 8.88. The predicted octanol–water partition coefficient (Wildman–Crippen LogP) is 3.31. The number of nitrogens with one attached hydrogen (secondary N) is 1. The normalized spacial score (nSPS) is 15.9. The molecule has 1 heterocycles. The van der Waals surface area contributed by atoms with Crippen molar-refractivity contribution in [3.63, 3.8) is 0 Å². The van der Waals surface area contributed by atoms with E-state index >= 15 is 0 Å². The van der Waals surface area contributed by atoms with Crippen LogP contribution in [0.15, 0.2) is 42.5 Å². The molecule has 2 N–H and O–H groups in total. The Morgan fingerprint density at radius 3 is 2.52 bits per heavy atom. The summed E-state index contributed by atoms with van der Waals surface area (Å²) in [6.07, 6.45) is 1.52. The van der Waals surface area contributed by atoms with Crippen molar-refractivity contribution in [3.8, 4) is 0 Å². The molecule has 3 rings (SSSR count). The summed E-state index contributed by atoms with van der Waals surface area (Å²) in [6, 6.07) is 11.4. The fourth-order valence-corrected chi connectivity index (χ4v) is 3.65. The van der Waals surface area contributed by atoms with Crippen molar-refractivity contribution in [2.24, 2.45) is 0 Å². The second kappa shape index (κ2) is 7.88. The number of carbonyl (C=O) groups excluding carboxylic acids is 1. The van der Waals surface area contributed by atoms with Gasteiger partial charge < -0.3 is 15.2 Å². The highest BCUT2D eigenvalue weighted by molar-refractivity contribution is 5.96. The van der Waals surface area contributed by atoms with Crippen LogP contribution < -0.4 is 5.32 Å². The fraction of sp³-hybridized carbons (Fsp3) is 0.333. The summed E-state index contributed by atoms with van der Waals surface area (Å²) in [5, 5.41) is 11.8. The van der Waals surface area contributed by atoms with Gasteiger partial charge in [-0.15, -0.1) is 0 Å². The van der Waals surface area contributed by atoms with Crippen molar-refractivity contribution in [2.75, 3.05) is 19.8 Å². The maximum absolute atomic E-state index is 14.2. The van der Waals surface area contributed by atoms with E-state index in [0.717, 1.165) is 30.0 Å². The quantitative estimate of drug-likeness (QED) is 0.846. The number of aryl methyl sites for hydroxylation is 1. The lowest BCUT2D eigenvalue weighted by Crippen LogP contribution is -2.45. The van der Waals surface area contributed by atoms with Crippen molar-refractivity contribution in [2.45, 2.75) is 25.2 Å². The third kappa shape index (κ3) is 4.01. The second-order valence-corrected chi connectivity index (χ2v) is 6.89. The van der Waals surface area contributed by atoms with Crippen LogP contribution >= 0.6 is 0 Å². The summed E-state index contributed by atoms with van der Waals surface area (Å²) >= 11 is 0. The third-order valence-electron chi connectivity index (χ3n) is 5.21. The van der Waals surface area contributed by atoms with Gasteiger partial charge in [-0.05, 0) is 49.1 Å². The summed E-state index contributed by atoms with van der Waals surface area (Å²) in [5.41, 5.74) is 1.69. The molecule has 1 aliphatic rings. The van der Waals surface area contributed by atoms with E-state index in [1.807, 2.05) is 25.1 Å². The van der Waals surface area contributed by atoms with Crippen LogP contribution in [0.2, 0.25) is 0 Å². The summed E-state index contributed by atoms with van der Waals surface area (Å²) in [5.74, 6) is -2.63. The van der Waals surface area contributed by atoms with E-state index in [1.54, 1.807) is 0 Å². The highest BCUT2D eigenvalue weighted by Gasteiger charge is 2.36. The molecule has 1 saturated heterocycles. The Hall–Kier alpha value is -2.73. The van der Waals surface area contributed by atoms with Crippen LogP contribution in [-0.2, 0) is 10.2 Å². The monoisotopic (exact) mass is 371 g/mol. The van der Waals surface area contributed by atoms with Gasteiger partial charge in [0.2, 0.25) is 0 Å². The SMILES string of the molecule is Cc1ccccc1C1(CNC(=O)c2ccc(C(=O)O)cc2F)CCOCC1. The molecular formula is C21H22FNO4. The molecule has 0 atom stereocenters. The molecule has 1 aliphatic heterocycles. The first kappa shape index (κ1) is 19.0. The van der Waals surface area contributed by atoms with E-state index in [9.17, 15) is 14.0 Å². The fourth-order valence-electron chi connectivity index (χ4n) is 3.65. The lowest BCUT2D eigenvalue weighted by Gasteiger charge is -2.39. The molecule has 0 aromatic heterocycles. The number of carboxylic acids is 1. The Morgan fingerprint density at radius 1 is 1.19 bits per heavy atom. The molecular weight excluding hydrogens is 349 g/mol. The molecule has 5 nitrogen and oxygen atoms in total. The van der Waals surface area contributed by atoms with Gasteiger partial charge in [0.05, 0.1) is 11.1 Å². The predicted molar refractivity (Wildman–Crippen MR) is 98.6 cm³/mol. The lowest BCUT2D eigenvalue weighted by atomic mass is 9.72. The smallest absolute Gasteiger partial charge is 0.335 e. The standard InChI is InChI=1S/C21H22FNO4/c1-14-4-2-3-5-17(14)21(8-10-27-11-9-21)13-23-19(24)16-7-6-15(20(25)26)12-18(16)22/h2-7,12H,8-11,13H2,1H3,(H,23,24)(H,25,26). The van der Waals surface area contributed by atoms with Crippen LogP contribution in [0.1, 0.15) is 44.7 Å². The van der Waals surface area contributed by atoms with Gasteiger partial charge in [-0.25, -0.2) is 9.18 Å². The number of hydrogen-bond donors (Lipinski definition) is 2. The average molecular weight is 371 g/mol. The molecule has 0 spiro atoms. The number of carboxylic acid groups (broad SMARTS) is 1. The summed E-state index contributed by atoms with van der Waals surface area (Å²) in [7, 11) is 0. The van der Waals surface area contributed by atoms with Gasteiger partial charge in [-0.3, -0.25) is 4.79 Å². The topological polar surface area (TPSA) is 75.6 Å². The Balaban J connectivity index is 1.81. The summed E-state index contributed by atoms with van der Waals surface area (Å²) in [4.78, 5) is 23.4. The number of amides is 1. The third-order valence-corrected chi connectivity index (χ3v) is 5.21. The maximum atomic E-state index is 14.2. The first-order chi connectivity index (χ1) is 12.9. The highest BCUT2D eigenvalue weighted by Crippen LogP contribution is 2.36. The number of rotatable bonds is 5. The van der Waals surface area contributed by atoms with Crippen LogP contribution in [-0.4, -0.2) is 36.7 Å². The summed E-state index contributed by atoms with van der Waals surface area (Å²) in [6.45, 7) is 3.61. The minimum Gasteiger partial charge on any atom is -0.478 e. The minimum absolute atomic E-state index is 0.160. The molecule has 2 aromatic rings. The van der Waals surface area contributed by atoms with E-state index in [-0.39, 0.29) is 16.5 Å². The molecule has 1 fully saturated rings. The van der Waals surface area contributed by atoms with Crippen molar-refractivity contribution in [1.29, 1.82) is 0 Å². The maximum Gasteiger partial charge on any atom is 0.335 e. The molecule has 0 bridgehead atoms. The average Bonchev–Trinajstić information content (AvgIpc) is 2.67. The van der Waals surface area contributed by atoms with Gasteiger partial charge in [-0.2, -0.15) is 0 Å². The lowest BCUT2D eigenvalue weighted by molar-refractivity contribution is 0.0485. The molecule has 142 valence electrons. The van der Waals surface area contributed by atoms with Gasteiger partial charge in [-0.1, -0.05) is 24.3 Å². The van der Waals surface area contributed by atoms with E-state index in [2.05, 4.69) is 11.4 Å². The van der Waals surface area contributed by atoms with Crippen molar-refractivity contribution < 1.29 is 23.8 Å². The second-order valence-electron chi connectivity index (χ2n) is 6.89. The number of ether oxygens (including phenoxy) is 1. The molecule has 1 amide bonds. The Labute approximate surface area is 157 Å². The van der Waals surface area contributed by atoms with Gasteiger partial charge in [0.15, 0.2) is 0 Å².